The summed E-state index contributed by atoms with van der Waals surface area (Å²) in [6.45, 7) is 5.86. The lowest BCUT2D eigenvalue weighted by molar-refractivity contribution is -0.134. The van der Waals surface area contributed by atoms with Crippen molar-refractivity contribution < 1.29 is 4.79 Å². The van der Waals surface area contributed by atoms with E-state index in [9.17, 15) is 4.79 Å². The average Bonchev–Trinajstić information content (AvgIpc) is 2.40. The van der Waals surface area contributed by atoms with E-state index < -0.39 is 0 Å². The number of amides is 1. The SMILES string of the molecule is NCC1CNCCN1CC(=O)N1CCCCC1. The predicted octanol–water partition coefficient (Wildman–Crippen LogP) is -0.769. The Balaban J connectivity index is 1.83. The van der Waals surface area contributed by atoms with Crippen LogP contribution in [0.1, 0.15) is 19.3 Å². The Labute approximate surface area is 103 Å². The molecule has 0 aromatic rings. The summed E-state index contributed by atoms with van der Waals surface area (Å²) in [5.41, 5.74) is 5.74. The molecule has 5 heteroatoms. The number of carbonyl (C=O) groups is 1. The van der Waals surface area contributed by atoms with Crippen LogP contribution in [0.15, 0.2) is 0 Å². The Morgan fingerprint density at radius 2 is 2.00 bits per heavy atom. The number of rotatable bonds is 3. The largest absolute Gasteiger partial charge is 0.342 e. The molecule has 5 nitrogen and oxygen atoms in total. The molecule has 0 bridgehead atoms. The molecule has 0 aromatic carbocycles. The minimum Gasteiger partial charge on any atom is -0.342 e. The van der Waals surface area contributed by atoms with Crippen LogP contribution in [0, 0.1) is 0 Å². The Kier molecular flexibility index (Phi) is 4.76. The van der Waals surface area contributed by atoms with Crippen LogP contribution in [0.2, 0.25) is 0 Å². The van der Waals surface area contributed by atoms with Gasteiger partial charge in [0, 0.05) is 45.3 Å². The molecule has 0 radical (unpaired) electrons. The number of hydrogen-bond donors (Lipinski definition) is 2. The molecule has 2 heterocycles. The topological polar surface area (TPSA) is 61.6 Å². The lowest BCUT2D eigenvalue weighted by Crippen LogP contribution is -2.57. The molecule has 17 heavy (non-hydrogen) atoms. The maximum Gasteiger partial charge on any atom is 0.236 e. The van der Waals surface area contributed by atoms with Crippen LogP contribution >= 0.6 is 0 Å². The Morgan fingerprint density at radius 3 is 2.71 bits per heavy atom. The van der Waals surface area contributed by atoms with Crippen LogP contribution < -0.4 is 11.1 Å². The number of hydrogen-bond acceptors (Lipinski definition) is 4. The van der Waals surface area contributed by atoms with Crippen LogP contribution in [-0.4, -0.2) is 67.6 Å². The highest BCUT2D eigenvalue weighted by Gasteiger charge is 2.25. The van der Waals surface area contributed by atoms with E-state index in [-0.39, 0.29) is 5.91 Å². The zero-order valence-electron chi connectivity index (χ0n) is 10.5. The van der Waals surface area contributed by atoms with Gasteiger partial charge in [-0.3, -0.25) is 9.69 Å². The third-order valence-electron chi connectivity index (χ3n) is 3.79. The second-order valence-electron chi connectivity index (χ2n) is 5.01. The normalized spacial score (nSPS) is 27.1. The summed E-state index contributed by atoms with van der Waals surface area (Å²) >= 11 is 0. The van der Waals surface area contributed by atoms with Crippen LogP contribution in [0.4, 0.5) is 0 Å². The fourth-order valence-corrected chi connectivity index (χ4v) is 2.66. The molecule has 1 unspecified atom stereocenters. The van der Waals surface area contributed by atoms with E-state index in [1.807, 2.05) is 4.90 Å². The molecule has 0 spiro atoms. The molecule has 2 aliphatic rings. The molecular formula is C12H24N4O. The van der Waals surface area contributed by atoms with E-state index >= 15 is 0 Å². The van der Waals surface area contributed by atoms with E-state index in [4.69, 9.17) is 5.73 Å². The van der Waals surface area contributed by atoms with E-state index in [0.717, 1.165) is 45.6 Å². The first-order valence-corrected chi connectivity index (χ1v) is 6.74. The van der Waals surface area contributed by atoms with Crippen molar-refractivity contribution in [2.24, 2.45) is 5.73 Å². The zero-order chi connectivity index (χ0) is 12.1. The lowest BCUT2D eigenvalue weighted by Gasteiger charge is -2.37. The Bertz CT molecular complexity index is 253. The third-order valence-corrected chi connectivity index (χ3v) is 3.79. The van der Waals surface area contributed by atoms with Crippen LogP contribution in [0.5, 0.6) is 0 Å². The monoisotopic (exact) mass is 240 g/mol. The second kappa shape index (κ2) is 6.33. The maximum absolute atomic E-state index is 12.2. The summed E-state index contributed by atoms with van der Waals surface area (Å²) in [4.78, 5) is 16.4. The van der Waals surface area contributed by atoms with Crippen molar-refractivity contribution in [1.29, 1.82) is 0 Å². The highest BCUT2D eigenvalue weighted by Crippen LogP contribution is 2.10. The van der Waals surface area contributed by atoms with Crippen molar-refractivity contribution in [3.63, 3.8) is 0 Å². The molecule has 2 fully saturated rings. The van der Waals surface area contributed by atoms with Crippen LogP contribution in [0.3, 0.4) is 0 Å². The van der Waals surface area contributed by atoms with E-state index in [1.54, 1.807) is 0 Å². The standard InChI is InChI=1S/C12H24N4O/c13-8-11-9-14-4-7-16(11)10-12(17)15-5-2-1-3-6-15/h11,14H,1-10,13H2. The van der Waals surface area contributed by atoms with Gasteiger partial charge in [0.2, 0.25) is 5.91 Å². The molecule has 2 aliphatic heterocycles. The van der Waals surface area contributed by atoms with Crippen molar-refractivity contribution in [1.82, 2.24) is 15.1 Å². The number of piperazine rings is 1. The van der Waals surface area contributed by atoms with Gasteiger partial charge >= 0.3 is 0 Å². The minimum atomic E-state index is 0.282. The zero-order valence-corrected chi connectivity index (χ0v) is 10.5. The third kappa shape index (κ3) is 3.40. The van der Waals surface area contributed by atoms with Crippen molar-refractivity contribution in [3.8, 4) is 0 Å². The molecule has 2 rings (SSSR count). The molecule has 0 aromatic heterocycles. The van der Waals surface area contributed by atoms with Crippen molar-refractivity contribution in [2.45, 2.75) is 25.3 Å². The fraction of sp³-hybridized carbons (Fsp3) is 0.917. The predicted molar refractivity (Wildman–Crippen MR) is 67.7 cm³/mol. The minimum absolute atomic E-state index is 0.282. The lowest BCUT2D eigenvalue weighted by atomic mass is 10.1. The van der Waals surface area contributed by atoms with E-state index in [0.29, 0.717) is 19.1 Å². The van der Waals surface area contributed by atoms with Gasteiger partial charge in [0.15, 0.2) is 0 Å². The van der Waals surface area contributed by atoms with Gasteiger partial charge in [-0.1, -0.05) is 0 Å². The highest BCUT2D eigenvalue weighted by atomic mass is 16.2. The average molecular weight is 240 g/mol. The summed E-state index contributed by atoms with van der Waals surface area (Å²) in [5, 5.41) is 3.32. The number of nitrogens with zero attached hydrogens (tertiary/aromatic N) is 2. The van der Waals surface area contributed by atoms with Gasteiger partial charge < -0.3 is 16.0 Å². The number of piperidine rings is 1. The smallest absolute Gasteiger partial charge is 0.236 e. The van der Waals surface area contributed by atoms with Crippen molar-refractivity contribution in [3.05, 3.63) is 0 Å². The molecule has 1 atom stereocenters. The molecule has 2 saturated heterocycles. The van der Waals surface area contributed by atoms with Gasteiger partial charge in [0.05, 0.1) is 6.54 Å². The molecule has 3 N–H and O–H groups in total. The number of carbonyl (C=O) groups excluding carboxylic acids is 1. The maximum atomic E-state index is 12.2. The summed E-state index contributed by atoms with van der Waals surface area (Å²) in [5.74, 6) is 0.282. The molecule has 98 valence electrons. The van der Waals surface area contributed by atoms with E-state index in [2.05, 4.69) is 10.2 Å². The fourth-order valence-electron chi connectivity index (χ4n) is 2.66. The molecular weight excluding hydrogens is 216 g/mol. The quantitative estimate of drug-likeness (QED) is 0.680. The first kappa shape index (κ1) is 12.8. The van der Waals surface area contributed by atoms with Crippen molar-refractivity contribution >= 4 is 5.91 Å². The van der Waals surface area contributed by atoms with Gasteiger partial charge in [0.1, 0.15) is 0 Å². The van der Waals surface area contributed by atoms with Gasteiger partial charge in [-0.25, -0.2) is 0 Å². The summed E-state index contributed by atoms with van der Waals surface area (Å²) in [6, 6.07) is 0.317. The van der Waals surface area contributed by atoms with Gasteiger partial charge in [-0.15, -0.1) is 0 Å². The molecule has 1 amide bonds. The summed E-state index contributed by atoms with van der Waals surface area (Å²) in [6.07, 6.45) is 3.59. The van der Waals surface area contributed by atoms with Gasteiger partial charge in [-0.2, -0.15) is 0 Å². The highest BCUT2D eigenvalue weighted by molar-refractivity contribution is 5.78. The number of nitrogens with one attached hydrogen (secondary N) is 1. The first-order chi connectivity index (χ1) is 8.31. The molecule has 0 saturated carbocycles. The Hall–Kier alpha value is -0.650. The second-order valence-corrected chi connectivity index (χ2v) is 5.01. The summed E-state index contributed by atoms with van der Waals surface area (Å²) < 4.78 is 0. The number of likely N-dealkylation sites (tertiary alicyclic amines) is 1. The van der Waals surface area contributed by atoms with Crippen LogP contribution in [-0.2, 0) is 4.79 Å². The summed E-state index contributed by atoms with van der Waals surface area (Å²) in [7, 11) is 0. The van der Waals surface area contributed by atoms with Gasteiger partial charge in [0.25, 0.3) is 0 Å². The number of nitrogens with two attached hydrogens (primary N) is 1. The van der Waals surface area contributed by atoms with Crippen molar-refractivity contribution in [2.75, 3.05) is 45.8 Å². The van der Waals surface area contributed by atoms with E-state index in [1.165, 1.54) is 6.42 Å². The van der Waals surface area contributed by atoms with Gasteiger partial charge in [-0.05, 0) is 19.3 Å². The molecule has 0 aliphatic carbocycles. The first-order valence-electron chi connectivity index (χ1n) is 6.74. The van der Waals surface area contributed by atoms with Crippen LogP contribution in [0.25, 0.3) is 0 Å². The Morgan fingerprint density at radius 1 is 1.24 bits per heavy atom.